The minimum absolute atomic E-state index is 0.160. The van der Waals surface area contributed by atoms with E-state index in [0.717, 1.165) is 18.2 Å². The van der Waals surface area contributed by atoms with Crippen molar-refractivity contribution in [1.82, 2.24) is 0 Å². The SMILES string of the molecule is CN(C)c1ccc([N+](=O)[O-])cc1C(=O)OCC(=O)Nc1ccccc1C(F)(F)F. The number of non-ortho nitro benzene ring substituents is 1. The van der Waals surface area contributed by atoms with E-state index in [-0.39, 0.29) is 11.3 Å². The molecule has 0 heterocycles. The number of halogens is 3. The first kappa shape index (κ1) is 21.7. The molecule has 11 heteroatoms. The molecule has 2 aromatic carbocycles. The molecule has 154 valence electrons. The van der Waals surface area contributed by atoms with Gasteiger partial charge in [0.1, 0.15) is 0 Å². The number of nitrogens with one attached hydrogen (secondary N) is 1. The predicted octanol–water partition coefficient (Wildman–Crippen LogP) is 3.48. The van der Waals surface area contributed by atoms with Gasteiger partial charge >= 0.3 is 12.1 Å². The molecule has 29 heavy (non-hydrogen) atoms. The maximum absolute atomic E-state index is 13.0. The highest BCUT2D eigenvalue weighted by atomic mass is 19.4. The average molecular weight is 411 g/mol. The lowest BCUT2D eigenvalue weighted by atomic mass is 10.1. The number of ether oxygens (including phenoxy) is 1. The molecule has 0 aliphatic carbocycles. The van der Waals surface area contributed by atoms with E-state index in [1.807, 2.05) is 5.32 Å². The number of nitro groups is 1. The van der Waals surface area contributed by atoms with Gasteiger partial charge in [-0.25, -0.2) is 4.79 Å². The molecule has 0 spiro atoms. The van der Waals surface area contributed by atoms with E-state index in [9.17, 15) is 32.9 Å². The molecule has 0 fully saturated rings. The van der Waals surface area contributed by atoms with E-state index in [4.69, 9.17) is 4.74 Å². The fourth-order valence-corrected chi connectivity index (χ4v) is 2.43. The van der Waals surface area contributed by atoms with Crippen molar-refractivity contribution in [2.24, 2.45) is 0 Å². The van der Waals surface area contributed by atoms with Crippen LogP contribution in [-0.4, -0.2) is 37.5 Å². The molecule has 0 aliphatic rings. The van der Waals surface area contributed by atoms with Crippen LogP contribution in [0.15, 0.2) is 42.5 Å². The molecule has 0 saturated carbocycles. The third-order valence-electron chi connectivity index (χ3n) is 3.73. The van der Waals surface area contributed by atoms with Crippen LogP contribution in [0.4, 0.5) is 30.2 Å². The van der Waals surface area contributed by atoms with Gasteiger partial charge in [-0.3, -0.25) is 14.9 Å². The number of nitrogens with zero attached hydrogens (tertiary/aromatic N) is 2. The third-order valence-corrected chi connectivity index (χ3v) is 3.73. The lowest BCUT2D eigenvalue weighted by Gasteiger charge is -2.17. The Morgan fingerprint density at radius 1 is 1.17 bits per heavy atom. The molecular formula is C18H16F3N3O5. The normalized spacial score (nSPS) is 10.9. The fourth-order valence-electron chi connectivity index (χ4n) is 2.43. The van der Waals surface area contributed by atoms with E-state index in [0.29, 0.717) is 5.69 Å². The second-order valence-electron chi connectivity index (χ2n) is 6.02. The summed E-state index contributed by atoms with van der Waals surface area (Å²) in [6.07, 6.45) is -4.68. The Morgan fingerprint density at radius 3 is 2.41 bits per heavy atom. The summed E-state index contributed by atoms with van der Waals surface area (Å²) in [4.78, 5) is 36.0. The number of anilines is 2. The van der Waals surface area contributed by atoms with Crippen molar-refractivity contribution in [2.45, 2.75) is 6.18 Å². The topological polar surface area (TPSA) is 102 Å². The van der Waals surface area contributed by atoms with Gasteiger partial charge in [-0.05, 0) is 18.2 Å². The molecule has 0 bridgehead atoms. The minimum atomic E-state index is -4.68. The Kier molecular flexibility index (Phi) is 6.42. The van der Waals surface area contributed by atoms with Crippen molar-refractivity contribution in [3.63, 3.8) is 0 Å². The average Bonchev–Trinajstić information content (AvgIpc) is 2.65. The summed E-state index contributed by atoms with van der Waals surface area (Å²) in [5.41, 5.74) is -1.74. The van der Waals surface area contributed by atoms with Gasteiger partial charge in [-0.1, -0.05) is 12.1 Å². The molecule has 0 saturated heterocycles. The second-order valence-corrected chi connectivity index (χ2v) is 6.02. The van der Waals surface area contributed by atoms with Crippen LogP contribution in [0.5, 0.6) is 0 Å². The minimum Gasteiger partial charge on any atom is -0.452 e. The highest BCUT2D eigenvalue weighted by molar-refractivity contribution is 5.99. The Morgan fingerprint density at radius 2 is 1.83 bits per heavy atom. The number of alkyl halides is 3. The van der Waals surface area contributed by atoms with Gasteiger partial charge < -0.3 is 15.0 Å². The summed E-state index contributed by atoms with van der Waals surface area (Å²) in [6.45, 7) is -0.874. The van der Waals surface area contributed by atoms with E-state index in [1.54, 1.807) is 14.1 Å². The van der Waals surface area contributed by atoms with Gasteiger partial charge in [0.15, 0.2) is 6.61 Å². The van der Waals surface area contributed by atoms with E-state index in [1.165, 1.54) is 29.2 Å². The molecule has 0 radical (unpaired) electrons. The van der Waals surface area contributed by atoms with Crippen molar-refractivity contribution in [1.29, 1.82) is 0 Å². The standard InChI is InChI=1S/C18H16F3N3O5/c1-23(2)15-8-7-11(24(27)28)9-12(15)17(26)29-10-16(25)22-14-6-4-3-5-13(14)18(19,20)21/h3-9H,10H2,1-2H3,(H,22,25). The monoisotopic (exact) mass is 411 g/mol. The maximum atomic E-state index is 13.0. The summed E-state index contributed by atoms with van der Waals surface area (Å²) in [7, 11) is 3.19. The Labute approximate surface area is 163 Å². The number of carbonyl (C=O) groups excluding carboxylic acids is 2. The lowest BCUT2D eigenvalue weighted by molar-refractivity contribution is -0.384. The third kappa shape index (κ3) is 5.43. The van der Waals surface area contributed by atoms with Crippen LogP contribution in [0.1, 0.15) is 15.9 Å². The Bertz CT molecular complexity index is 945. The summed E-state index contributed by atoms with van der Waals surface area (Å²) in [5, 5.41) is 13.0. The number of amides is 1. The van der Waals surface area contributed by atoms with Gasteiger partial charge in [0.25, 0.3) is 11.6 Å². The highest BCUT2D eigenvalue weighted by Crippen LogP contribution is 2.34. The molecule has 0 aromatic heterocycles. The first-order chi connectivity index (χ1) is 13.5. The Balaban J connectivity index is 2.13. The van der Waals surface area contributed by atoms with Gasteiger partial charge in [0.2, 0.25) is 0 Å². The smallest absolute Gasteiger partial charge is 0.418 e. The molecule has 2 rings (SSSR count). The first-order valence-electron chi connectivity index (χ1n) is 8.09. The molecular weight excluding hydrogens is 395 g/mol. The number of para-hydroxylation sites is 1. The van der Waals surface area contributed by atoms with Crippen molar-refractivity contribution in [3.05, 3.63) is 63.7 Å². The number of benzene rings is 2. The van der Waals surface area contributed by atoms with Crippen molar-refractivity contribution < 1.29 is 32.4 Å². The van der Waals surface area contributed by atoms with Crippen LogP contribution in [0.2, 0.25) is 0 Å². The maximum Gasteiger partial charge on any atom is 0.418 e. The fraction of sp³-hybridized carbons (Fsp3) is 0.222. The zero-order valence-corrected chi connectivity index (χ0v) is 15.3. The molecule has 0 aliphatic heterocycles. The van der Waals surface area contributed by atoms with Gasteiger partial charge in [-0.2, -0.15) is 13.2 Å². The number of rotatable bonds is 6. The first-order valence-corrected chi connectivity index (χ1v) is 8.09. The Hall–Kier alpha value is -3.63. The largest absolute Gasteiger partial charge is 0.452 e. The van der Waals surface area contributed by atoms with Crippen molar-refractivity contribution >= 4 is 28.9 Å². The molecule has 0 atom stereocenters. The number of hydrogen-bond acceptors (Lipinski definition) is 6. The van der Waals surface area contributed by atoms with Crippen LogP contribution in [-0.2, 0) is 15.7 Å². The van der Waals surface area contributed by atoms with E-state index in [2.05, 4.69) is 0 Å². The number of carbonyl (C=O) groups is 2. The zero-order valence-electron chi connectivity index (χ0n) is 15.3. The predicted molar refractivity (Wildman–Crippen MR) is 97.8 cm³/mol. The van der Waals surface area contributed by atoms with Gasteiger partial charge in [0.05, 0.1) is 27.4 Å². The molecule has 1 amide bonds. The summed E-state index contributed by atoms with van der Waals surface area (Å²) >= 11 is 0. The quantitative estimate of drug-likeness (QED) is 0.444. The number of esters is 1. The van der Waals surface area contributed by atoms with E-state index < -0.39 is 40.8 Å². The van der Waals surface area contributed by atoms with Crippen LogP contribution in [0.25, 0.3) is 0 Å². The lowest BCUT2D eigenvalue weighted by Crippen LogP contribution is -2.23. The van der Waals surface area contributed by atoms with Crippen molar-refractivity contribution in [2.75, 3.05) is 30.9 Å². The van der Waals surface area contributed by atoms with Crippen molar-refractivity contribution in [3.8, 4) is 0 Å². The van der Waals surface area contributed by atoms with E-state index >= 15 is 0 Å². The molecule has 0 unspecified atom stereocenters. The van der Waals surface area contributed by atoms with Crippen LogP contribution >= 0.6 is 0 Å². The molecule has 1 N–H and O–H groups in total. The highest BCUT2D eigenvalue weighted by Gasteiger charge is 2.33. The summed E-state index contributed by atoms with van der Waals surface area (Å²) < 4.78 is 43.7. The second kappa shape index (κ2) is 8.59. The van der Waals surface area contributed by atoms with Crippen LogP contribution in [0.3, 0.4) is 0 Å². The van der Waals surface area contributed by atoms with Gasteiger partial charge in [0, 0.05) is 26.2 Å². The summed E-state index contributed by atoms with van der Waals surface area (Å²) in [6, 6.07) is 7.88. The van der Waals surface area contributed by atoms with Crippen LogP contribution < -0.4 is 10.2 Å². The van der Waals surface area contributed by atoms with Crippen LogP contribution in [0, 0.1) is 10.1 Å². The number of hydrogen-bond donors (Lipinski definition) is 1. The zero-order chi connectivity index (χ0) is 21.8. The molecule has 2 aromatic rings. The molecule has 8 nitrogen and oxygen atoms in total. The van der Waals surface area contributed by atoms with Gasteiger partial charge in [-0.15, -0.1) is 0 Å². The number of nitro benzene ring substituents is 1. The summed E-state index contributed by atoms with van der Waals surface area (Å²) in [5.74, 6) is -2.02.